The number of hydrogen-bond donors (Lipinski definition) is 2. The van der Waals surface area contributed by atoms with Crippen molar-refractivity contribution in [1.82, 2.24) is 0 Å². The maximum Gasteiger partial charge on any atom is 0.389 e. The van der Waals surface area contributed by atoms with Crippen molar-refractivity contribution in [2.75, 3.05) is 7.11 Å². The van der Waals surface area contributed by atoms with Crippen LogP contribution < -0.4 is 10.5 Å². The zero-order valence-corrected chi connectivity index (χ0v) is 10.5. The summed E-state index contributed by atoms with van der Waals surface area (Å²) >= 11 is 0. The molecule has 3 nitrogen and oxygen atoms in total. The van der Waals surface area contributed by atoms with E-state index in [1.807, 2.05) is 0 Å². The third-order valence-corrected chi connectivity index (χ3v) is 2.37. The van der Waals surface area contributed by atoms with Gasteiger partial charge < -0.3 is 15.6 Å². The van der Waals surface area contributed by atoms with E-state index < -0.39 is 18.6 Å². The molecular weight excluding hydrogens is 271 g/mol. The third kappa shape index (κ3) is 5.01. The van der Waals surface area contributed by atoms with Crippen LogP contribution in [0.1, 0.15) is 24.4 Å². The van der Waals surface area contributed by atoms with Gasteiger partial charge in [0.25, 0.3) is 0 Å². The number of phenols is 1. The van der Waals surface area contributed by atoms with Gasteiger partial charge in [0.2, 0.25) is 0 Å². The minimum Gasteiger partial charge on any atom is -0.504 e. The van der Waals surface area contributed by atoms with Gasteiger partial charge in [0, 0.05) is 12.5 Å². The molecule has 0 aliphatic rings. The lowest BCUT2D eigenvalue weighted by Gasteiger charge is -2.14. The van der Waals surface area contributed by atoms with E-state index in [1.54, 1.807) is 0 Å². The molecule has 0 unspecified atom stereocenters. The Kier molecular flexibility index (Phi) is 6.28. The van der Waals surface area contributed by atoms with Gasteiger partial charge in [-0.1, -0.05) is 6.07 Å². The average molecular weight is 286 g/mol. The van der Waals surface area contributed by atoms with Crippen molar-refractivity contribution < 1.29 is 23.0 Å². The molecule has 104 valence electrons. The molecule has 0 saturated heterocycles. The highest BCUT2D eigenvalue weighted by molar-refractivity contribution is 5.85. The van der Waals surface area contributed by atoms with Crippen molar-refractivity contribution in [3.05, 3.63) is 23.8 Å². The van der Waals surface area contributed by atoms with Crippen LogP contribution in [0, 0.1) is 0 Å². The van der Waals surface area contributed by atoms with E-state index >= 15 is 0 Å². The molecule has 0 heterocycles. The molecule has 0 fully saturated rings. The third-order valence-electron chi connectivity index (χ3n) is 2.37. The summed E-state index contributed by atoms with van der Waals surface area (Å²) < 4.78 is 40.9. The second kappa shape index (κ2) is 6.70. The molecule has 1 atom stereocenters. The van der Waals surface area contributed by atoms with Gasteiger partial charge in [0.05, 0.1) is 7.11 Å². The Morgan fingerprint density at radius 2 is 2.00 bits per heavy atom. The first-order chi connectivity index (χ1) is 7.83. The highest BCUT2D eigenvalue weighted by Gasteiger charge is 2.27. The van der Waals surface area contributed by atoms with Crippen LogP contribution in [0.3, 0.4) is 0 Å². The van der Waals surface area contributed by atoms with Gasteiger partial charge in [0.1, 0.15) is 0 Å². The first-order valence-corrected chi connectivity index (χ1v) is 5.02. The first-order valence-electron chi connectivity index (χ1n) is 5.02. The Bertz CT molecular complexity index is 385. The van der Waals surface area contributed by atoms with Crippen LogP contribution >= 0.6 is 12.4 Å². The summed E-state index contributed by atoms with van der Waals surface area (Å²) in [5.74, 6) is 0.129. The maximum absolute atomic E-state index is 12.0. The maximum atomic E-state index is 12.0. The van der Waals surface area contributed by atoms with Crippen LogP contribution in [0.2, 0.25) is 0 Å². The van der Waals surface area contributed by atoms with Crippen molar-refractivity contribution in [1.29, 1.82) is 0 Å². The first kappa shape index (κ1) is 16.9. The van der Waals surface area contributed by atoms with Gasteiger partial charge in [-0.3, -0.25) is 0 Å². The van der Waals surface area contributed by atoms with Crippen LogP contribution in [-0.2, 0) is 0 Å². The van der Waals surface area contributed by atoms with E-state index in [0.29, 0.717) is 5.56 Å². The second-order valence-corrected chi connectivity index (χ2v) is 3.69. The van der Waals surface area contributed by atoms with Gasteiger partial charge in [-0.05, 0) is 24.1 Å². The zero-order chi connectivity index (χ0) is 13.1. The van der Waals surface area contributed by atoms with Gasteiger partial charge in [-0.15, -0.1) is 12.4 Å². The van der Waals surface area contributed by atoms with Gasteiger partial charge >= 0.3 is 6.18 Å². The molecule has 0 spiro atoms. The van der Waals surface area contributed by atoms with E-state index in [9.17, 15) is 18.3 Å². The lowest BCUT2D eigenvalue weighted by Crippen LogP contribution is -2.15. The lowest BCUT2D eigenvalue weighted by atomic mass is 10.0. The Morgan fingerprint density at radius 1 is 1.39 bits per heavy atom. The standard InChI is InChI=1S/C11H14F3NO2.ClH/c1-17-10-6-7(2-3-9(10)16)8(15)4-5-11(12,13)14;/h2-3,6,8,16H,4-5,15H2,1H3;1H/t8-;/m1./s1. The Morgan fingerprint density at radius 3 is 2.50 bits per heavy atom. The summed E-state index contributed by atoms with van der Waals surface area (Å²) in [5, 5.41) is 9.33. The van der Waals surface area contributed by atoms with Crippen LogP contribution in [0.5, 0.6) is 11.5 Å². The highest BCUT2D eigenvalue weighted by Crippen LogP contribution is 2.31. The number of methoxy groups -OCH3 is 1. The Labute approximate surface area is 109 Å². The molecule has 18 heavy (non-hydrogen) atoms. The molecule has 0 aliphatic carbocycles. The summed E-state index contributed by atoms with van der Waals surface area (Å²) in [5.41, 5.74) is 6.14. The minimum absolute atomic E-state index is 0. The van der Waals surface area contributed by atoms with Crippen LogP contribution in [0.25, 0.3) is 0 Å². The quantitative estimate of drug-likeness (QED) is 0.893. The summed E-state index contributed by atoms with van der Waals surface area (Å²) in [4.78, 5) is 0. The molecule has 0 amide bonds. The fourth-order valence-electron chi connectivity index (χ4n) is 1.41. The predicted octanol–water partition coefficient (Wildman–Crippen LogP) is 3.16. The van der Waals surface area contributed by atoms with Crippen LogP contribution in [0.4, 0.5) is 13.2 Å². The number of phenolic OH excluding ortho intramolecular Hbond substituents is 1. The van der Waals surface area contributed by atoms with Gasteiger partial charge in [0.15, 0.2) is 11.5 Å². The SMILES string of the molecule is COc1cc([C@H](N)CCC(F)(F)F)ccc1O.Cl. The minimum atomic E-state index is -4.21. The predicted molar refractivity (Wildman–Crippen MR) is 64.1 cm³/mol. The zero-order valence-electron chi connectivity index (χ0n) is 9.70. The van der Waals surface area contributed by atoms with Crippen molar-refractivity contribution >= 4 is 12.4 Å². The monoisotopic (exact) mass is 285 g/mol. The molecule has 7 heteroatoms. The number of aromatic hydroxyl groups is 1. The highest BCUT2D eigenvalue weighted by atomic mass is 35.5. The molecule has 1 aromatic carbocycles. The number of hydrogen-bond acceptors (Lipinski definition) is 3. The fraction of sp³-hybridized carbons (Fsp3) is 0.455. The Balaban J connectivity index is 0.00000289. The van der Waals surface area contributed by atoms with E-state index in [4.69, 9.17) is 10.5 Å². The average Bonchev–Trinajstić information content (AvgIpc) is 2.25. The molecule has 0 aliphatic heterocycles. The number of halogens is 4. The molecule has 0 bridgehead atoms. The summed E-state index contributed by atoms with van der Waals surface area (Å²) in [6, 6.07) is 3.54. The number of ether oxygens (including phenoxy) is 1. The molecule has 0 aromatic heterocycles. The number of rotatable bonds is 4. The topological polar surface area (TPSA) is 55.5 Å². The van der Waals surface area contributed by atoms with Crippen molar-refractivity contribution in [2.45, 2.75) is 25.1 Å². The fourth-order valence-corrected chi connectivity index (χ4v) is 1.41. The van der Waals surface area contributed by atoms with Gasteiger partial charge in [-0.25, -0.2) is 0 Å². The lowest BCUT2D eigenvalue weighted by molar-refractivity contribution is -0.136. The summed E-state index contributed by atoms with van der Waals surface area (Å²) in [6.07, 6.45) is -5.34. The van der Waals surface area contributed by atoms with E-state index in [-0.39, 0.29) is 30.3 Å². The van der Waals surface area contributed by atoms with Crippen molar-refractivity contribution in [2.24, 2.45) is 5.73 Å². The summed E-state index contributed by atoms with van der Waals surface area (Å²) in [7, 11) is 1.36. The van der Waals surface area contributed by atoms with E-state index in [2.05, 4.69) is 0 Å². The van der Waals surface area contributed by atoms with Gasteiger partial charge in [-0.2, -0.15) is 13.2 Å². The smallest absolute Gasteiger partial charge is 0.389 e. The normalized spacial score (nSPS) is 12.7. The number of nitrogens with two attached hydrogens (primary N) is 1. The summed E-state index contributed by atoms with van der Waals surface area (Å²) in [6.45, 7) is 0. The molecule has 0 saturated carbocycles. The largest absolute Gasteiger partial charge is 0.504 e. The van der Waals surface area contributed by atoms with Crippen LogP contribution in [-0.4, -0.2) is 18.4 Å². The van der Waals surface area contributed by atoms with Crippen LogP contribution in [0.15, 0.2) is 18.2 Å². The molecular formula is C11H15ClF3NO2. The molecule has 1 aromatic rings. The number of benzene rings is 1. The van der Waals surface area contributed by atoms with Crippen molar-refractivity contribution in [3.8, 4) is 11.5 Å². The van der Waals surface area contributed by atoms with Crippen molar-refractivity contribution in [3.63, 3.8) is 0 Å². The second-order valence-electron chi connectivity index (χ2n) is 3.69. The Hall–Kier alpha value is -1.14. The molecule has 3 N–H and O–H groups in total. The molecule has 0 radical (unpaired) electrons. The van der Waals surface area contributed by atoms with E-state index in [1.165, 1.54) is 25.3 Å². The number of alkyl halides is 3. The molecule has 1 rings (SSSR count). The van der Waals surface area contributed by atoms with E-state index in [0.717, 1.165) is 0 Å².